The normalized spacial score (nSPS) is 13.0. The lowest BCUT2D eigenvalue weighted by Gasteiger charge is -2.13. The van der Waals surface area contributed by atoms with Gasteiger partial charge in [-0.05, 0) is 31.2 Å². The first-order chi connectivity index (χ1) is 11.8. The molecule has 1 atom stereocenters. The van der Waals surface area contributed by atoms with Crippen molar-refractivity contribution in [2.45, 2.75) is 19.1 Å². The highest BCUT2D eigenvalue weighted by molar-refractivity contribution is 7.20. The number of alkyl halides is 3. The van der Waals surface area contributed by atoms with Crippen molar-refractivity contribution in [3.05, 3.63) is 36.2 Å². The molecule has 1 unspecified atom stereocenters. The number of thiazole rings is 1. The number of nitrogens with one attached hydrogen (secondary N) is 1. The van der Waals surface area contributed by atoms with Crippen LogP contribution in [0.4, 0.5) is 18.9 Å². The molecule has 0 bridgehead atoms. The zero-order valence-corrected chi connectivity index (χ0v) is 14.0. The van der Waals surface area contributed by atoms with E-state index in [2.05, 4.69) is 15.4 Å². The van der Waals surface area contributed by atoms with Gasteiger partial charge in [0.25, 0.3) is 5.19 Å². The van der Waals surface area contributed by atoms with E-state index in [4.69, 9.17) is 4.74 Å². The van der Waals surface area contributed by atoms with Gasteiger partial charge in [0.2, 0.25) is 5.91 Å². The average molecular weight is 370 g/mol. The van der Waals surface area contributed by atoms with Crippen LogP contribution in [0.1, 0.15) is 18.7 Å². The Kier molecular flexibility index (Phi) is 4.38. The number of methoxy groups -OCH3 is 1. The SMILES string of the molecule is COc1nc2ccc(NC(=O)C(C)n3ccc(C(F)(F)F)n3)cc2s1. The third kappa shape index (κ3) is 3.58. The molecule has 3 rings (SSSR count). The molecule has 1 amide bonds. The quantitative estimate of drug-likeness (QED) is 0.760. The minimum absolute atomic E-state index is 0.479. The van der Waals surface area contributed by atoms with Gasteiger partial charge in [-0.15, -0.1) is 0 Å². The van der Waals surface area contributed by atoms with Crippen molar-refractivity contribution in [1.29, 1.82) is 0 Å². The predicted octanol–water partition coefficient (Wildman–Crippen LogP) is 3.72. The highest BCUT2D eigenvalue weighted by atomic mass is 32.1. The Bertz CT molecular complexity index is 919. The fraction of sp³-hybridized carbons (Fsp3) is 0.267. The van der Waals surface area contributed by atoms with Crippen LogP contribution in [0.3, 0.4) is 0 Å². The molecule has 0 aliphatic heterocycles. The van der Waals surface area contributed by atoms with E-state index in [-0.39, 0.29) is 0 Å². The van der Waals surface area contributed by atoms with Gasteiger partial charge in [0.05, 0.1) is 17.3 Å². The summed E-state index contributed by atoms with van der Waals surface area (Å²) in [5.74, 6) is -0.479. The smallest absolute Gasteiger partial charge is 0.435 e. The monoisotopic (exact) mass is 370 g/mol. The molecule has 2 heterocycles. The molecule has 0 saturated heterocycles. The molecule has 0 aliphatic carbocycles. The number of ether oxygens (including phenoxy) is 1. The molecular weight excluding hydrogens is 357 g/mol. The third-order valence-corrected chi connectivity index (χ3v) is 4.47. The van der Waals surface area contributed by atoms with Gasteiger partial charge < -0.3 is 10.1 Å². The third-order valence-electron chi connectivity index (χ3n) is 3.49. The summed E-state index contributed by atoms with van der Waals surface area (Å²) in [5, 5.41) is 6.58. The Labute approximate surface area is 144 Å². The van der Waals surface area contributed by atoms with Gasteiger partial charge in [0, 0.05) is 11.9 Å². The number of amides is 1. The summed E-state index contributed by atoms with van der Waals surface area (Å²) < 4.78 is 44.7. The summed E-state index contributed by atoms with van der Waals surface area (Å²) in [7, 11) is 1.52. The lowest BCUT2D eigenvalue weighted by Crippen LogP contribution is -2.24. The first-order valence-corrected chi connectivity index (χ1v) is 7.97. The molecule has 0 radical (unpaired) electrons. The molecule has 0 aliphatic rings. The van der Waals surface area contributed by atoms with E-state index in [1.165, 1.54) is 25.4 Å². The Balaban J connectivity index is 1.76. The summed E-state index contributed by atoms with van der Waals surface area (Å²) in [6, 6.07) is 5.05. The molecule has 3 aromatic rings. The molecule has 6 nitrogen and oxygen atoms in total. The summed E-state index contributed by atoms with van der Waals surface area (Å²) in [4.78, 5) is 16.5. The van der Waals surface area contributed by atoms with Gasteiger partial charge in [-0.1, -0.05) is 11.3 Å². The molecule has 10 heteroatoms. The Morgan fingerprint density at radius 3 is 2.76 bits per heavy atom. The van der Waals surface area contributed by atoms with Crippen molar-refractivity contribution >= 4 is 33.1 Å². The fourth-order valence-corrected chi connectivity index (χ4v) is 2.96. The number of aromatic nitrogens is 3. The predicted molar refractivity (Wildman–Crippen MR) is 86.7 cm³/mol. The lowest BCUT2D eigenvalue weighted by molar-refractivity contribution is -0.141. The number of hydrogen-bond donors (Lipinski definition) is 1. The van der Waals surface area contributed by atoms with Crippen molar-refractivity contribution in [3.8, 4) is 5.19 Å². The standard InChI is InChI=1S/C15H13F3N4O2S/c1-8(22-6-5-12(21-22)15(16,17)18)13(23)19-9-3-4-10-11(7-9)25-14(20-10)24-2/h3-8H,1-2H3,(H,19,23). The molecule has 1 aromatic carbocycles. The molecule has 0 fully saturated rings. The maximum absolute atomic E-state index is 12.6. The second kappa shape index (κ2) is 6.36. The van der Waals surface area contributed by atoms with Crippen LogP contribution in [-0.2, 0) is 11.0 Å². The van der Waals surface area contributed by atoms with Gasteiger partial charge >= 0.3 is 6.18 Å². The van der Waals surface area contributed by atoms with E-state index in [0.29, 0.717) is 10.9 Å². The van der Waals surface area contributed by atoms with Crippen molar-refractivity contribution in [2.75, 3.05) is 12.4 Å². The number of carbonyl (C=O) groups is 1. The van der Waals surface area contributed by atoms with Gasteiger partial charge in [-0.3, -0.25) is 9.48 Å². The minimum atomic E-state index is -4.54. The van der Waals surface area contributed by atoms with Crippen LogP contribution in [0.5, 0.6) is 5.19 Å². The number of nitrogens with zero attached hydrogens (tertiary/aromatic N) is 3. The van der Waals surface area contributed by atoms with Crippen LogP contribution in [0, 0.1) is 0 Å². The summed E-state index contributed by atoms with van der Waals surface area (Å²) in [5.41, 5.74) is 0.207. The van der Waals surface area contributed by atoms with E-state index >= 15 is 0 Å². The van der Waals surface area contributed by atoms with Gasteiger partial charge in [0.1, 0.15) is 6.04 Å². The molecule has 2 aromatic heterocycles. The minimum Gasteiger partial charge on any atom is -0.473 e. The van der Waals surface area contributed by atoms with Crippen LogP contribution >= 0.6 is 11.3 Å². The van der Waals surface area contributed by atoms with Crippen LogP contribution < -0.4 is 10.1 Å². The van der Waals surface area contributed by atoms with Crippen molar-refractivity contribution in [3.63, 3.8) is 0 Å². The number of benzene rings is 1. The van der Waals surface area contributed by atoms with Crippen molar-refractivity contribution in [1.82, 2.24) is 14.8 Å². The van der Waals surface area contributed by atoms with Crippen LogP contribution in [0.15, 0.2) is 30.5 Å². The second-order valence-electron chi connectivity index (χ2n) is 5.21. The molecule has 132 valence electrons. The first-order valence-electron chi connectivity index (χ1n) is 7.15. The second-order valence-corrected chi connectivity index (χ2v) is 6.20. The lowest BCUT2D eigenvalue weighted by atomic mass is 10.2. The summed E-state index contributed by atoms with van der Waals surface area (Å²) >= 11 is 1.32. The summed E-state index contributed by atoms with van der Waals surface area (Å²) in [6.07, 6.45) is -3.41. The van der Waals surface area contributed by atoms with E-state index in [1.807, 2.05) is 0 Å². The number of fused-ring (bicyclic) bond motifs is 1. The number of anilines is 1. The topological polar surface area (TPSA) is 69.0 Å². The van der Waals surface area contributed by atoms with E-state index in [1.54, 1.807) is 18.2 Å². The van der Waals surface area contributed by atoms with Crippen molar-refractivity contribution in [2.24, 2.45) is 0 Å². The average Bonchev–Trinajstić information content (AvgIpc) is 3.19. The maximum atomic E-state index is 12.6. The van der Waals surface area contributed by atoms with Crippen molar-refractivity contribution < 1.29 is 22.7 Å². The maximum Gasteiger partial charge on any atom is 0.435 e. The van der Waals surface area contributed by atoms with Gasteiger partial charge in [-0.25, -0.2) is 4.98 Å². The van der Waals surface area contributed by atoms with E-state index in [0.717, 1.165) is 27.2 Å². The number of halogens is 3. The van der Waals surface area contributed by atoms with Gasteiger partial charge in [0.15, 0.2) is 5.69 Å². The highest BCUT2D eigenvalue weighted by Crippen LogP contribution is 2.30. The number of carbonyl (C=O) groups excluding carboxylic acids is 1. The molecule has 1 N–H and O–H groups in total. The molecular formula is C15H13F3N4O2S. The Morgan fingerprint density at radius 1 is 1.36 bits per heavy atom. The summed E-state index contributed by atoms with van der Waals surface area (Å²) in [6.45, 7) is 1.47. The zero-order valence-electron chi connectivity index (χ0n) is 13.2. The number of rotatable bonds is 4. The van der Waals surface area contributed by atoms with E-state index < -0.39 is 23.8 Å². The Morgan fingerprint density at radius 2 is 2.12 bits per heavy atom. The van der Waals surface area contributed by atoms with Gasteiger partial charge in [-0.2, -0.15) is 18.3 Å². The Hall–Kier alpha value is -2.62. The molecule has 0 spiro atoms. The molecule has 0 saturated carbocycles. The highest BCUT2D eigenvalue weighted by Gasteiger charge is 2.34. The van der Waals surface area contributed by atoms with E-state index in [9.17, 15) is 18.0 Å². The fourth-order valence-electron chi connectivity index (χ4n) is 2.14. The van der Waals surface area contributed by atoms with Crippen LogP contribution in [0.25, 0.3) is 10.2 Å². The molecule has 25 heavy (non-hydrogen) atoms. The number of hydrogen-bond acceptors (Lipinski definition) is 5. The van der Waals surface area contributed by atoms with Crippen LogP contribution in [0.2, 0.25) is 0 Å². The zero-order chi connectivity index (χ0) is 18.2. The first kappa shape index (κ1) is 17.2. The largest absolute Gasteiger partial charge is 0.473 e. The van der Waals surface area contributed by atoms with Crippen LogP contribution in [-0.4, -0.2) is 27.8 Å².